The summed E-state index contributed by atoms with van der Waals surface area (Å²) in [6.07, 6.45) is 62.1. The summed E-state index contributed by atoms with van der Waals surface area (Å²) in [5.41, 5.74) is 2.58. The Hall–Kier alpha value is -2.88. The Labute approximate surface area is 929 Å². The summed E-state index contributed by atoms with van der Waals surface area (Å²) in [6.45, 7) is 61.4. The molecule has 8 rings (SSSR count). The molecule has 2 aliphatic rings. The predicted molar refractivity (Wildman–Crippen MR) is 698 cm³/mol. The van der Waals surface area contributed by atoms with E-state index in [1.54, 1.807) is 21.2 Å². The monoisotopic (exact) mass is 2200 g/mol. The van der Waals surface area contributed by atoms with Crippen molar-refractivity contribution < 1.29 is 18.9 Å². The van der Waals surface area contributed by atoms with E-state index in [2.05, 4.69) is 263 Å². The third-order valence-corrected chi connectivity index (χ3v) is 86.0. The van der Waals surface area contributed by atoms with Crippen molar-refractivity contribution in [1.82, 2.24) is 0 Å². The van der Waals surface area contributed by atoms with E-state index < -0.39 is 80.4 Å². The highest BCUT2D eigenvalue weighted by Crippen LogP contribution is 2.55. The number of hydrogen-bond acceptors (Lipinski definition) is 4. The van der Waals surface area contributed by atoms with E-state index in [-0.39, 0.29) is 13.6 Å². The molecule has 14 heteroatoms. The van der Waals surface area contributed by atoms with Crippen molar-refractivity contribution in [2.75, 3.05) is 13.6 Å². The van der Waals surface area contributed by atoms with Crippen LogP contribution in [0.1, 0.15) is 474 Å². The van der Waals surface area contributed by atoms with Gasteiger partial charge in [-0.05, 0) is 71.9 Å². The molecule has 0 atom stereocenters. The zero-order valence-electron chi connectivity index (χ0n) is 102. The van der Waals surface area contributed by atoms with Crippen molar-refractivity contribution in [1.29, 1.82) is 0 Å². The minimum absolute atomic E-state index is 0.206. The fourth-order valence-electron chi connectivity index (χ4n) is 27.9. The molecule has 6 aromatic carbocycles. The molecule has 6 aromatic rings. The van der Waals surface area contributed by atoms with E-state index in [0.29, 0.717) is 0 Å². The van der Waals surface area contributed by atoms with Gasteiger partial charge in [-0.1, -0.05) is 734 Å². The second-order valence-corrected chi connectivity index (χ2v) is 90.3. The average Bonchev–Trinajstić information content (AvgIpc) is 1.30. The van der Waals surface area contributed by atoms with Crippen LogP contribution < -0.4 is 92.3 Å². The summed E-state index contributed by atoms with van der Waals surface area (Å²) < 4.78 is 30.6. The van der Waals surface area contributed by atoms with Gasteiger partial charge < -0.3 is 18.9 Å². The SMILES string of the molecule is CCCC[Si](CCCC)(CCCC)c1cc(P(c2cc([Si](CCCC)(CCCC)CCCC)cc([Si](CCCC)(CCCC)CCCC)c2)c2ccc3c(c2-c2c(P(c4cc([Si](CCCC)(CCCC)CCCC)cc([Si](CCCC)(CCCC)CCCC)c4)c4cc([Si](CCCC)(CCCC)CCCC)cc([Si](CCCC)(CCCC)CCCC)c4)ccc4c2OCO4)OCO3)cc([Si](CCCC)(CCCC)CCCC)c1. The molecule has 0 aromatic heterocycles. The highest BCUT2D eigenvalue weighted by atomic mass is 31.1. The fourth-order valence-corrected chi connectivity index (χ4v) is 79.6. The third-order valence-electron chi connectivity index (χ3n) is 37.6. The van der Waals surface area contributed by atoms with Crippen LogP contribution in [0.25, 0.3) is 11.1 Å². The molecule has 0 radical (unpaired) electrons. The molecule has 0 saturated carbocycles. The van der Waals surface area contributed by atoms with Crippen molar-refractivity contribution in [3.8, 4) is 34.1 Å². The summed E-state index contributed by atoms with van der Waals surface area (Å²) in [5.74, 6) is 3.77. The molecule has 0 aliphatic carbocycles. The molecule has 0 fully saturated rings. The van der Waals surface area contributed by atoms with Gasteiger partial charge in [0.25, 0.3) is 0 Å². The molecule has 0 amide bonds. The third kappa shape index (κ3) is 35.1. The highest BCUT2D eigenvalue weighted by Gasteiger charge is 2.48. The van der Waals surface area contributed by atoms with Gasteiger partial charge in [-0.3, -0.25) is 0 Å². The lowest BCUT2D eigenvalue weighted by Crippen LogP contribution is -2.56. The number of rotatable bonds is 87. The zero-order chi connectivity index (χ0) is 107. The minimum atomic E-state index is -2.28. The van der Waals surface area contributed by atoms with Gasteiger partial charge in [0.15, 0.2) is 23.0 Å². The minimum Gasteiger partial charge on any atom is -0.454 e. The summed E-state index contributed by atoms with van der Waals surface area (Å²) in [7, 11) is -21.1. The maximum atomic E-state index is 7.95. The van der Waals surface area contributed by atoms with Crippen molar-refractivity contribution in [2.45, 2.75) is 619 Å². The second kappa shape index (κ2) is 70.2. The lowest BCUT2D eigenvalue weighted by molar-refractivity contribution is 0.173. The fraction of sp³-hybridized carbons (Fsp3) is 0.731. The standard InChI is InChI=1S/C134H236O4P2Si8/c1-25-49-77-141(78-50-26-2,79-51-27-3)119-101-115(102-120(109-119)142(80-52-28-4,81-53-29-5)82-54-30-6)139(116-103-121(143(83-55-31-7,84-56-32-8)85-57-33-9)110-122(104-116)144(86-58-34-10,87-59-35-11)88-60-36-12)129-75-73-127-133(137-113-135-127)131(129)132-130(76-74-128-134(132)138-114-136-128)140(117-105-123(145(89-61-37-13,90-62-38-14)91-63-39-15)111-124(106-117)146(92-64-40-16,93-65-41-17)94-66-42-18)118-107-125(147(95-67-43-19,96-68-44-20)97-69-45-21)112-126(108-118)148(98-70-46-22,99-71-47-23)100-72-48-24/h73-76,101-112H,25-72,77-100,113-114H2,1-24H3. The molecule has 0 N–H and O–H groups in total. The van der Waals surface area contributed by atoms with E-state index >= 15 is 0 Å². The second-order valence-electron chi connectivity index (χ2n) is 48.9. The van der Waals surface area contributed by atoms with E-state index in [4.69, 9.17) is 18.9 Å². The molecule has 148 heavy (non-hydrogen) atoms. The van der Waals surface area contributed by atoms with Crippen molar-refractivity contribution in [3.05, 3.63) is 97.1 Å². The quantitative estimate of drug-likeness (QED) is 0.0282. The number of fused-ring (bicyclic) bond motifs is 2. The van der Waals surface area contributed by atoms with Gasteiger partial charge in [0, 0.05) is 11.1 Å². The van der Waals surface area contributed by atoms with Gasteiger partial charge >= 0.3 is 0 Å². The Morgan fingerprint density at radius 2 is 0.284 bits per heavy atom. The summed E-state index contributed by atoms with van der Waals surface area (Å²) in [5, 5.41) is 24.7. The maximum Gasteiger partial charge on any atom is 0.231 e. The van der Waals surface area contributed by atoms with Crippen LogP contribution >= 0.6 is 15.8 Å². The first-order chi connectivity index (χ1) is 72.2. The molecule has 2 heterocycles. The summed E-state index contributed by atoms with van der Waals surface area (Å²) >= 11 is 0. The Bertz CT molecular complexity index is 3750. The van der Waals surface area contributed by atoms with E-state index in [9.17, 15) is 0 Å². The van der Waals surface area contributed by atoms with Crippen molar-refractivity contribution in [3.63, 3.8) is 0 Å². The van der Waals surface area contributed by atoms with Gasteiger partial charge in [0.2, 0.25) is 13.6 Å². The Morgan fingerprint density at radius 3 is 0.399 bits per heavy atom. The number of hydrogen-bond donors (Lipinski definition) is 0. The van der Waals surface area contributed by atoms with Crippen molar-refractivity contribution >= 4 is 154 Å². The van der Waals surface area contributed by atoms with Crippen LogP contribution in [-0.4, -0.2) is 78.2 Å². The van der Waals surface area contributed by atoms with Crippen LogP contribution in [0.2, 0.25) is 145 Å². The van der Waals surface area contributed by atoms with Crippen LogP contribution in [0.3, 0.4) is 0 Å². The molecule has 4 nitrogen and oxygen atoms in total. The molecule has 2 aliphatic heterocycles. The van der Waals surface area contributed by atoms with Gasteiger partial charge in [-0.2, -0.15) is 0 Å². The van der Waals surface area contributed by atoms with Gasteiger partial charge in [-0.15, -0.1) is 0 Å². The largest absolute Gasteiger partial charge is 0.454 e. The molecular weight excluding hydrogens is 1960 g/mol. The zero-order valence-corrected chi connectivity index (χ0v) is 112. The molecule has 0 unspecified atom stereocenters. The maximum absolute atomic E-state index is 7.95. The van der Waals surface area contributed by atoms with Crippen LogP contribution in [0.15, 0.2) is 97.1 Å². The number of unbranched alkanes of at least 4 members (excludes halogenated alkanes) is 24. The summed E-state index contributed by atoms with van der Waals surface area (Å²) in [4.78, 5) is 0. The molecular formula is C134H236O4P2Si8. The van der Waals surface area contributed by atoms with Crippen LogP contribution in [0.5, 0.6) is 23.0 Å². The first kappa shape index (κ1) is 130. The van der Waals surface area contributed by atoms with Crippen LogP contribution in [0, 0.1) is 0 Å². The van der Waals surface area contributed by atoms with Gasteiger partial charge in [-0.25, -0.2) is 0 Å². The van der Waals surface area contributed by atoms with E-state index in [0.717, 1.165) is 23.0 Å². The Kier molecular flexibility index (Phi) is 61.7. The molecule has 0 bridgehead atoms. The molecule has 0 spiro atoms. The number of ether oxygens (including phenoxy) is 4. The van der Waals surface area contributed by atoms with Crippen molar-refractivity contribution in [2.24, 2.45) is 0 Å². The van der Waals surface area contributed by atoms with Gasteiger partial charge in [0.05, 0.1) is 64.6 Å². The first-order valence-electron chi connectivity index (χ1n) is 65.3. The van der Waals surface area contributed by atoms with Crippen LogP contribution in [-0.2, 0) is 0 Å². The smallest absolute Gasteiger partial charge is 0.231 e. The van der Waals surface area contributed by atoms with E-state index in [1.807, 2.05) is 41.5 Å². The molecule has 838 valence electrons. The Balaban J connectivity index is 1.94. The lowest BCUT2D eigenvalue weighted by atomic mass is 10.0. The highest BCUT2D eigenvalue weighted by molar-refractivity contribution is 7.81. The summed E-state index contributed by atoms with van der Waals surface area (Å²) in [6, 6.07) is 81.9. The Morgan fingerprint density at radius 1 is 0.162 bits per heavy atom. The first-order valence-corrected chi connectivity index (χ1v) is 88.9. The lowest BCUT2D eigenvalue weighted by Gasteiger charge is -2.40. The van der Waals surface area contributed by atoms with Crippen LogP contribution in [0.4, 0.5) is 0 Å². The topological polar surface area (TPSA) is 36.9 Å². The number of benzene rings is 6. The normalized spacial score (nSPS) is 13.3. The van der Waals surface area contributed by atoms with Gasteiger partial charge in [0.1, 0.15) is 0 Å². The van der Waals surface area contributed by atoms with E-state index in [1.165, 1.54) is 475 Å². The predicted octanol–water partition coefficient (Wildman–Crippen LogP) is 38.8. The molecule has 0 saturated heterocycles. The average molecular weight is 2200 g/mol.